The fourth-order valence-corrected chi connectivity index (χ4v) is 2.74. The number of allylic oxidation sites excluding steroid dienone is 4. The van der Waals surface area contributed by atoms with Gasteiger partial charge in [0, 0.05) is 0 Å². The van der Waals surface area contributed by atoms with Crippen LogP contribution in [0.1, 0.15) is 34.6 Å². The van der Waals surface area contributed by atoms with Crippen LogP contribution in [0.15, 0.2) is 54.1 Å². The highest BCUT2D eigenvalue weighted by Crippen LogP contribution is 2.30. The van der Waals surface area contributed by atoms with Gasteiger partial charge in [0.2, 0.25) is 0 Å². The number of aromatic amines is 1. The number of amides is 1. The fourth-order valence-electron chi connectivity index (χ4n) is 2.63. The zero-order chi connectivity index (χ0) is 15.4. The summed E-state index contributed by atoms with van der Waals surface area (Å²) in [4.78, 5) is 11.6. The van der Waals surface area contributed by atoms with E-state index >= 15 is 0 Å². The molecule has 0 atom stereocenters. The number of nitrogens with one attached hydrogen (secondary N) is 2. The Morgan fingerprint density at radius 1 is 1.23 bits per heavy atom. The first-order chi connectivity index (χ1) is 10.8. The largest absolute Gasteiger partial charge is 0.297 e. The van der Waals surface area contributed by atoms with Gasteiger partial charge in [-0.15, -0.1) is 0 Å². The average molecular weight is 311 g/mol. The second-order valence-electron chi connectivity index (χ2n) is 5.19. The first kappa shape index (κ1) is 14.7. The molecular formula is C17H17N3OS. The Kier molecular flexibility index (Phi) is 4.44. The van der Waals surface area contributed by atoms with Crippen molar-refractivity contribution in [3.63, 3.8) is 0 Å². The molecule has 5 heteroatoms. The van der Waals surface area contributed by atoms with Crippen LogP contribution < -0.4 is 4.72 Å². The number of rotatable bonds is 4. The van der Waals surface area contributed by atoms with Crippen LogP contribution in [0.5, 0.6) is 0 Å². The van der Waals surface area contributed by atoms with E-state index in [2.05, 4.69) is 52.0 Å². The van der Waals surface area contributed by atoms with Crippen molar-refractivity contribution in [2.75, 3.05) is 0 Å². The lowest BCUT2D eigenvalue weighted by Crippen LogP contribution is -2.12. The van der Waals surface area contributed by atoms with Crippen LogP contribution in [0.4, 0.5) is 0 Å². The summed E-state index contributed by atoms with van der Waals surface area (Å²) in [5.74, 6) is -0.309. The van der Waals surface area contributed by atoms with E-state index in [0.717, 1.165) is 30.5 Å². The minimum absolute atomic E-state index is 0.309. The summed E-state index contributed by atoms with van der Waals surface area (Å²) >= 11 is 3.77. The standard InChI is InChI=1S/C17H17N3OS/c21-17(20-22)16-11-15(18-19-16)14-9-5-4-8-13(14)10-12-6-2-1-3-7-12/h1-3,6-9,11,22H,4-5,10H2,(H,18,19)(H,20,21). The molecule has 0 unspecified atom stereocenters. The monoisotopic (exact) mass is 311 g/mol. The molecule has 1 aromatic heterocycles. The van der Waals surface area contributed by atoms with E-state index in [-0.39, 0.29) is 5.91 Å². The van der Waals surface area contributed by atoms with Crippen LogP contribution in [-0.4, -0.2) is 16.1 Å². The molecule has 0 spiro atoms. The smallest absolute Gasteiger partial charge is 0.281 e. The van der Waals surface area contributed by atoms with E-state index < -0.39 is 0 Å². The van der Waals surface area contributed by atoms with Crippen molar-refractivity contribution >= 4 is 24.3 Å². The fraction of sp³-hybridized carbons (Fsp3) is 0.176. The minimum atomic E-state index is -0.309. The van der Waals surface area contributed by atoms with Crippen LogP contribution >= 0.6 is 12.8 Å². The Morgan fingerprint density at radius 3 is 2.77 bits per heavy atom. The van der Waals surface area contributed by atoms with Gasteiger partial charge in [-0.05, 0) is 42.0 Å². The molecule has 2 N–H and O–H groups in total. The Balaban J connectivity index is 1.85. The third kappa shape index (κ3) is 3.14. The molecular weight excluding hydrogens is 294 g/mol. The van der Waals surface area contributed by atoms with Crippen LogP contribution in [0.3, 0.4) is 0 Å². The summed E-state index contributed by atoms with van der Waals surface area (Å²) in [6.45, 7) is 0. The Morgan fingerprint density at radius 2 is 2.00 bits per heavy atom. The van der Waals surface area contributed by atoms with Crippen molar-refractivity contribution in [1.82, 2.24) is 14.9 Å². The SMILES string of the molecule is O=C(NS)c1cc(C2=CCCC=C2Cc2ccccc2)[nH]n1. The highest BCUT2D eigenvalue weighted by molar-refractivity contribution is 7.78. The average Bonchev–Trinajstić information content (AvgIpc) is 3.05. The van der Waals surface area contributed by atoms with Gasteiger partial charge >= 0.3 is 0 Å². The van der Waals surface area contributed by atoms with Crippen molar-refractivity contribution in [3.05, 3.63) is 71.1 Å². The van der Waals surface area contributed by atoms with Gasteiger partial charge in [-0.3, -0.25) is 14.6 Å². The molecule has 0 saturated heterocycles. The lowest BCUT2D eigenvalue weighted by Gasteiger charge is -2.15. The van der Waals surface area contributed by atoms with E-state index in [9.17, 15) is 4.79 Å². The molecule has 22 heavy (non-hydrogen) atoms. The predicted molar refractivity (Wildman–Crippen MR) is 90.5 cm³/mol. The summed E-state index contributed by atoms with van der Waals surface area (Å²) in [7, 11) is 0. The maximum Gasteiger partial charge on any atom is 0.281 e. The molecule has 0 aliphatic heterocycles. The quantitative estimate of drug-likeness (QED) is 0.759. The predicted octanol–water partition coefficient (Wildman–Crippen LogP) is 3.33. The van der Waals surface area contributed by atoms with Crippen LogP contribution in [0, 0.1) is 0 Å². The highest BCUT2D eigenvalue weighted by Gasteiger charge is 2.16. The number of aromatic nitrogens is 2. The molecule has 1 aliphatic rings. The van der Waals surface area contributed by atoms with Gasteiger partial charge in [0.15, 0.2) is 5.69 Å². The molecule has 0 bridgehead atoms. The van der Waals surface area contributed by atoms with Crippen molar-refractivity contribution in [2.24, 2.45) is 0 Å². The summed E-state index contributed by atoms with van der Waals surface area (Å²) in [6.07, 6.45) is 7.39. The van der Waals surface area contributed by atoms with Gasteiger partial charge in [0.25, 0.3) is 5.91 Å². The summed E-state index contributed by atoms with van der Waals surface area (Å²) in [5.41, 5.74) is 4.87. The second kappa shape index (κ2) is 6.66. The number of thiol groups is 1. The summed E-state index contributed by atoms with van der Waals surface area (Å²) in [6, 6.07) is 12.1. The number of nitrogens with zero attached hydrogens (tertiary/aromatic N) is 1. The molecule has 1 heterocycles. The molecule has 0 radical (unpaired) electrons. The molecule has 3 rings (SSSR count). The van der Waals surface area contributed by atoms with E-state index in [1.54, 1.807) is 6.07 Å². The number of hydrogen-bond acceptors (Lipinski definition) is 3. The molecule has 0 saturated carbocycles. The number of carbonyl (C=O) groups is 1. The van der Waals surface area contributed by atoms with Crippen LogP contribution in [-0.2, 0) is 6.42 Å². The number of hydrogen-bond donors (Lipinski definition) is 3. The maximum atomic E-state index is 11.6. The van der Waals surface area contributed by atoms with Crippen LogP contribution in [0.25, 0.3) is 5.57 Å². The molecule has 1 aromatic carbocycles. The Bertz CT molecular complexity index is 731. The number of H-pyrrole nitrogens is 1. The van der Waals surface area contributed by atoms with Gasteiger partial charge in [-0.25, -0.2) is 0 Å². The van der Waals surface area contributed by atoms with Gasteiger partial charge in [0.1, 0.15) is 0 Å². The van der Waals surface area contributed by atoms with Gasteiger partial charge in [-0.1, -0.05) is 55.3 Å². The van der Waals surface area contributed by atoms with Crippen molar-refractivity contribution in [1.29, 1.82) is 0 Å². The molecule has 112 valence electrons. The van der Waals surface area contributed by atoms with Crippen molar-refractivity contribution < 1.29 is 4.79 Å². The zero-order valence-electron chi connectivity index (χ0n) is 12.0. The lowest BCUT2D eigenvalue weighted by atomic mass is 9.90. The van der Waals surface area contributed by atoms with E-state index in [1.807, 2.05) is 18.2 Å². The Labute approximate surface area is 134 Å². The first-order valence-electron chi connectivity index (χ1n) is 7.21. The zero-order valence-corrected chi connectivity index (χ0v) is 12.9. The molecule has 4 nitrogen and oxygen atoms in total. The minimum Gasteiger partial charge on any atom is -0.297 e. The van der Waals surface area contributed by atoms with Crippen molar-refractivity contribution in [2.45, 2.75) is 19.3 Å². The summed E-state index contributed by atoms with van der Waals surface area (Å²) in [5, 5.41) is 7.00. The molecule has 2 aromatic rings. The third-order valence-corrected chi connectivity index (χ3v) is 3.89. The van der Waals surface area contributed by atoms with Gasteiger partial charge in [0.05, 0.1) is 5.69 Å². The molecule has 1 aliphatic carbocycles. The van der Waals surface area contributed by atoms with Crippen molar-refractivity contribution in [3.8, 4) is 0 Å². The molecule has 1 amide bonds. The Hall–Kier alpha value is -2.27. The van der Waals surface area contributed by atoms with Gasteiger partial charge in [-0.2, -0.15) is 5.10 Å². The van der Waals surface area contributed by atoms with E-state index in [1.165, 1.54) is 11.1 Å². The number of carbonyl (C=O) groups excluding carboxylic acids is 1. The maximum absolute atomic E-state index is 11.6. The second-order valence-corrected chi connectivity index (χ2v) is 5.42. The highest BCUT2D eigenvalue weighted by atomic mass is 32.1. The first-order valence-corrected chi connectivity index (χ1v) is 7.66. The molecule has 0 fully saturated rings. The number of benzene rings is 1. The summed E-state index contributed by atoms with van der Waals surface area (Å²) < 4.78 is 2.29. The van der Waals surface area contributed by atoms with Crippen LogP contribution in [0.2, 0.25) is 0 Å². The lowest BCUT2D eigenvalue weighted by molar-refractivity contribution is 0.0980. The third-order valence-electron chi connectivity index (χ3n) is 3.69. The van der Waals surface area contributed by atoms with Gasteiger partial charge < -0.3 is 0 Å². The van der Waals surface area contributed by atoms with E-state index in [4.69, 9.17) is 0 Å². The topological polar surface area (TPSA) is 57.8 Å². The normalized spacial score (nSPS) is 14.2. The van der Waals surface area contributed by atoms with E-state index in [0.29, 0.717) is 5.69 Å².